The average molecular weight is 268 g/mol. The van der Waals surface area contributed by atoms with Gasteiger partial charge >= 0.3 is 11.7 Å². The normalized spacial score (nSPS) is 13.9. The Labute approximate surface area is 108 Å². The second-order valence-electron chi connectivity index (χ2n) is 4.07. The fourth-order valence-electron chi connectivity index (χ4n) is 1.78. The van der Waals surface area contributed by atoms with Crippen LogP contribution >= 0.6 is 0 Å². The quantitative estimate of drug-likeness (QED) is 0.583. The summed E-state index contributed by atoms with van der Waals surface area (Å²) in [5, 5.41) is 20.0. The van der Waals surface area contributed by atoms with Crippen molar-refractivity contribution >= 4 is 17.5 Å². The van der Waals surface area contributed by atoms with Gasteiger partial charge in [-0.05, 0) is 12.8 Å². The highest BCUT2D eigenvalue weighted by atomic mass is 16.6. The molecule has 9 heteroatoms. The first-order valence-electron chi connectivity index (χ1n) is 5.56. The summed E-state index contributed by atoms with van der Waals surface area (Å²) >= 11 is 0. The largest absolute Gasteiger partial charge is 0.480 e. The van der Waals surface area contributed by atoms with E-state index in [2.05, 4.69) is 9.97 Å². The molecular weight excluding hydrogens is 256 g/mol. The topological polar surface area (TPSA) is 119 Å². The summed E-state index contributed by atoms with van der Waals surface area (Å²) in [6.07, 6.45) is 2.70. The Morgan fingerprint density at radius 2 is 2.32 bits per heavy atom. The number of methoxy groups -OCH3 is 1. The Bertz CT molecular complexity index is 517. The van der Waals surface area contributed by atoms with Gasteiger partial charge in [0.25, 0.3) is 5.88 Å². The zero-order chi connectivity index (χ0) is 14.0. The standard InChI is InChI=1S/C10H12N4O5/c1-19-10-8(14(17)18)9(11-5-12-10)13(4-7(15)16)6-2-3-6/h5-6H,2-4H2,1H3,(H,15,16). The lowest BCUT2D eigenvalue weighted by Gasteiger charge is -2.20. The van der Waals surface area contributed by atoms with E-state index in [0.29, 0.717) is 0 Å². The zero-order valence-corrected chi connectivity index (χ0v) is 10.1. The van der Waals surface area contributed by atoms with Crippen LogP contribution in [-0.2, 0) is 4.79 Å². The number of hydrogen-bond donors (Lipinski definition) is 1. The molecule has 0 amide bonds. The van der Waals surface area contributed by atoms with Gasteiger partial charge in [0.15, 0.2) is 0 Å². The van der Waals surface area contributed by atoms with Gasteiger partial charge < -0.3 is 14.7 Å². The van der Waals surface area contributed by atoms with Crippen LogP contribution < -0.4 is 9.64 Å². The van der Waals surface area contributed by atoms with Gasteiger partial charge in [-0.1, -0.05) is 0 Å². The summed E-state index contributed by atoms with van der Waals surface area (Å²) in [5.74, 6) is -1.26. The average Bonchev–Trinajstić information content (AvgIpc) is 3.18. The van der Waals surface area contributed by atoms with E-state index in [4.69, 9.17) is 9.84 Å². The molecule has 1 aliphatic carbocycles. The molecule has 1 saturated carbocycles. The third kappa shape index (κ3) is 2.69. The fourth-order valence-corrected chi connectivity index (χ4v) is 1.78. The number of carbonyl (C=O) groups is 1. The van der Waals surface area contributed by atoms with E-state index in [1.807, 2.05) is 0 Å². The summed E-state index contributed by atoms with van der Waals surface area (Å²) in [4.78, 5) is 30.2. The molecule has 2 rings (SSSR count). The molecule has 0 aromatic carbocycles. The van der Waals surface area contributed by atoms with Crippen LogP contribution in [0.25, 0.3) is 0 Å². The number of carboxylic acids is 1. The number of ether oxygens (including phenoxy) is 1. The van der Waals surface area contributed by atoms with E-state index >= 15 is 0 Å². The molecular formula is C10H12N4O5. The van der Waals surface area contributed by atoms with Crippen molar-refractivity contribution in [3.05, 3.63) is 16.4 Å². The van der Waals surface area contributed by atoms with Crippen molar-refractivity contribution < 1.29 is 19.6 Å². The number of nitrogens with zero attached hydrogens (tertiary/aromatic N) is 4. The summed E-state index contributed by atoms with van der Waals surface area (Å²) in [5.41, 5.74) is -0.404. The molecule has 0 unspecified atom stereocenters. The molecule has 0 saturated heterocycles. The van der Waals surface area contributed by atoms with Crippen molar-refractivity contribution in [1.82, 2.24) is 9.97 Å². The molecule has 0 atom stereocenters. The van der Waals surface area contributed by atoms with Crippen LogP contribution in [0.2, 0.25) is 0 Å². The highest BCUT2D eigenvalue weighted by molar-refractivity contribution is 5.76. The van der Waals surface area contributed by atoms with Crippen LogP contribution in [-0.4, -0.2) is 45.7 Å². The first kappa shape index (κ1) is 13.0. The molecule has 102 valence electrons. The predicted octanol–water partition coefficient (Wildman–Crippen LogP) is 0.447. The van der Waals surface area contributed by atoms with E-state index in [1.165, 1.54) is 12.0 Å². The van der Waals surface area contributed by atoms with E-state index in [1.54, 1.807) is 0 Å². The Balaban J connectivity index is 2.46. The summed E-state index contributed by atoms with van der Waals surface area (Å²) in [6.45, 7) is -0.342. The van der Waals surface area contributed by atoms with E-state index in [0.717, 1.165) is 19.2 Å². The van der Waals surface area contributed by atoms with Gasteiger partial charge in [-0.2, -0.15) is 4.98 Å². The molecule has 1 heterocycles. The minimum Gasteiger partial charge on any atom is -0.480 e. The second-order valence-corrected chi connectivity index (χ2v) is 4.07. The Kier molecular flexibility index (Phi) is 3.45. The molecule has 1 fully saturated rings. The molecule has 1 N–H and O–H groups in total. The Morgan fingerprint density at radius 1 is 1.63 bits per heavy atom. The van der Waals surface area contributed by atoms with Gasteiger partial charge in [0.1, 0.15) is 12.9 Å². The van der Waals surface area contributed by atoms with Crippen LogP contribution in [0.4, 0.5) is 11.5 Å². The molecule has 1 aromatic heterocycles. The molecule has 0 aliphatic heterocycles. The SMILES string of the molecule is COc1ncnc(N(CC(=O)O)C2CC2)c1[N+](=O)[O-]. The minimum absolute atomic E-state index is 0.0123. The molecule has 19 heavy (non-hydrogen) atoms. The summed E-state index contributed by atoms with van der Waals surface area (Å²) < 4.78 is 4.84. The van der Waals surface area contributed by atoms with Crippen molar-refractivity contribution in [1.29, 1.82) is 0 Å². The van der Waals surface area contributed by atoms with Crippen molar-refractivity contribution in [3.63, 3.8) is 0 Å². The lowest BCUT2D eigenvalue weighted by Crippen LogP contribution is -2.33. The summed E-state index contributed by atoms with van der Waals surface area (Å²) in [7, 11) is 1.26. The lowest BCUT2D eigenvalue weighted by molar-refractivity contribution is -0.385. The van der Waals surface area contributed by atoms with Gasteiger partial charge in [0.05, 0.1) is 12.0 Å². The van der Waals surface area contributed by atoms with Gasteiger partial charge in [0.2, 0.25) is 5.82 Å². The highest BCUT2D eigenvalue weighted by Crippen LogP contribution is 2.38. The van der Waals surface area contributed by atoms with Crippen LogP contribution in [0.15, 0.2) is 6.33 Å². The maximum Gasteiger partial charge on any atom is 0.372 e. The van der Waals surface area contributed by atoms with Gasteiger partial charge in [-0.25, -0.2) is 4.98 Å². The van der Waals surface area contributed by atoms with Crippen LogP contribution in [0.5, 0.6) is 5.88 Å². The molecule has 9 nitrogen and oxygen atoms in total. The van der Waals surface area contributed by atoms with E-state index in [-0.39, 0.29) is 24.3 Å². The van der Waals surface area contributed by atoms with Crippen molar-refractivity contribution in [2.24, 2.45) is 0 Å². The summed E-state index contributed by atoms with van der Waals surface area (Å²) in [6, 6.07) is -0.0330. The highest BCUT2D eigenvalue weighted by Gasteiger charge is 2.37. The number of aliphatic carboxylic acids is 1. The van der Waals surface area contributed by atoms with Crippen molar-refractivity contribution in [3.8, 4) is 5.88 Å². The third-order valence-electron chi connectivity index (χ3n) is 2.71. The number of carboxylic acid groups (broad SMARTS) is 1. The number of hydrogen-bond acceptors (Lipinski definition) is 7. The fraction of sp³-hybridized carbons (Fsp3) is 0.500. The van der Waals surface area contributed by atoms with Gasteiger partial charge in [-0.15, -0.1) is 0 Å². The lowest BCUT2D eigenvalue weighted by atomic mass is 10.3. The van der Waals surface area contributed by atoms with Crippen molar-refractivity contribution in [2.45, 2.75) is 18.9 Å². The second kappa shape index (κ2) is 5.04. The van der Waals surface area contributed by atoms with E-state index in [9.17, 15) is 14.9 Å². The van der Waals surface area contributed by atoms with Crippen LogP contribution in [0.3, 0.4) is 0 Å². The first-order chi connectivity index (χ1) is 9.04. The van der Waals surface area contributed by atoms with Crippen LogP contribution in [0.1, 0.15) is 12.8 Å². The minimum atomic E-state index is -1.07. The monoisotopic (exact) mass is 268 g/mol. The number of rotatable bonds is 6. The molecule has 1 aliphatic rings. The zero-order valence-electron chi connectivity index (χ0n) is 10.1. The smallest absolute Gasteiger partial charge is 0.372 e. The molecule has 0 bridgehead atoms. The van der Waals surface area contributed by atoms with E-state index < -0.39 is 16.6 Å². The molecule has 0 spiro atoms. The van der Waals surface area contributed by atoms with Crippen molar-refractivity contribution in [2.75, 3.05) is 18.6 Å². The van der Waals surface area contributed by atoms with Crippen LogP contribution in [0, 0.1) is 10.1 Å². The third-order valence-corrected chi connectivity index (χ3v) is 2.71. The maximum absolute atomic E-state index is 11.1. The van der Waals surface area contributed by atoms with Gasteiger partial charge in [-0.3, -0.25) is 14.9 Å². The first-order valence-corrected chi connectivity index (χ1v) is 5.56. The van der Waals surface area contributed by atoms with Gasteiger partial charge in [0, 0.05) is 6.04 Å². The maximum atomic E-state index is 11.1. The number of aromatic nitrogens is 2. The molecule has 0 radical (unpaired) electrons. The predicted molar refractivity (Wildman–Crippen MR) is 63.2 cm³/mol. The Hall–Kier alpha value is -2.45. The number of anilines is 1. The molecule has 1 aromatic rings. The Morgan fingerprint density at radius 3 is 2.79 bits per heavy atom. The number of nitro groups is 1.